The lowest BCUT2D eigenvalue weighted by molar-refractivity contribution is -0.122. The second kappa shape index (κ2) is 7.28. The molecule has 4 heteroatoms. The van der Waals surface area contributed by atoms with E-state index in [2.05, 4.69) is 0 Å². The first-order chi connectivity index (χ1) is 10.9. The Morgan fingerprint density at radius 3 is 2.48 bits per heavy atom. The van der Waals surface area contributed by atoms with Gasteiger partial charge in [0.2, 0.25) is 0 Å². The molecule has 23 heavy (non-hydrogen) atoms. The number of aliphatic hydroxyl groups excluding tert-OH is 2. The van der Waals surface area contributed by atoms with Crippen molar-refractivity contribution in [3.63, 3.8) is 0 Å². The zero-order valence-corrected chi connectivity index (χ0v) is 14.0. The van der Waals surface area contributed by atoms with E-state index in [0.29, 0.717) is 18.8 Å². The molecule has 0 saturated heterocycles. The monoisotopic (exact) mass is 318 g/mol. The van der Waals surface area contributed by atoms with Gasteiger partial charge in [0.25, 0.3) is 0 Å². The number of hydrogen-bond donors (Lipinski definition) is 2. The van der Waals surface area contributed by atoms with Crippen LogP contribution in [0, 0.1) is 17.3 Å². The van der Waals surface area contributed by atoms with Gasteiger partial charge in [0.05, 0.1) is 25.2 Å². The van der Waals surface area contributed by atoms with Crippen LogP contribution in [0.2, 0.25) is 0 Å². The Kier molecular flexibility index (Phi) is 5.60. The summed E-state index contributed by atoms with van der Waals surface area (Å²) in [5.74, 6) is -0.106. The topological polar surface area (TPSA) is 66.8 Å². The lowest BCUT2D eigenvalue weighted by atomic mass is 9.84. The Hall–Kier alpha value is -1.65. The van der Waals surface area contributed by atoms with Gasteiger partial charge in [-0.15, -0.1) is 0 Å². The average molecular weight is 318 g/mol. The van der Waals surface area contributed by atoms with E-state index < -0.39 is 12.0 Å². The van der Waals surface area contributed by atoms with Crippen LogP contribution in [0.4, 0.5) is 0 Å². The predicted molar refractivity (Wildman–Crippen MR) is 88.6 cm³/mol. The molecule has 0 spiro atoms. The third kappa shape index (κ3) is 4.01. The number of allylic oxidation sites excluding steroid dienone is 2. The van der Waals surface area contributed by atoms with Crippen LogP contribution >= 0.6 is 0 Å². The van der Waals surface area contributed by atoms with E-state index in [0.717, 1.165) is 5.56 Å². The van der Waals surface area contributed by atoms with Crippen molar-refractivity contribution in [1.82, 2.24) is 0 Å². The largest absolute Gasteiger partial charge is 0.497 e. The van der Waals surface area contributed by atoms with Crippen LogP contribution in [0.3, 0.4) is 0 Å². The van der Waals surface area contributed by atoms with E-state index in [9.17, 15) is 15.0 Å². The van der Waals surface area contributed by atoms with Gasteiger partial charge in [-0.3, -0.25) is 4.79 Å². The van der Waals surface area contributed by atoms with Gasteiger partial charge in [0.15, 0.2) is 5.78 Å². The summed E-state index contributed by atoms with van der Waals surface area (Å²) in [6, 6.07) is 9.26. The first kappa shape index (κ1) is 17.7. The third-order valence-electron chi connectivity index (χ3n) is 4.39. The van der Waals surface area contributed by atoms with Crippen molar-refractivity contribution < 1.29 is 19.7 Å². The summed E-state index contributed by atoms with van der Waals surface area (Å²) >= 11 is 0. The molecule has 2 N–H and O–H groups in total. The summed E-state index contributed by atoms with van der Waals surface area (Å²) < 4.78 is 5.82. The van der Waals surface area contributed by atoms with Crippen molar-refractivity contribution in [2.24, 2.45) is 17.3 Å². The van der Waals surface area contributed by atoms with E-state index >= 15 is 0 Å². The van der Waals surface area contributed by atoms with Crippen molar-refractivity contribution >= 4 is 5.78 Å². The number of carbonyl (C=O) groups is 1. The SMILES string of the molecule is CC[C@H]1C(OCC(C)(C)CO)=CC(=O)[C@@H]1[C@@H](O)c1ccccc1. The lowest BCUT2D eigenvalue weighted by Crippen LogP contribution is -2.27. The fourth-order valence-electron chi connectivity index (χ4n) is 2.88. The van der Waals surface area contributed by atoms with E-state index in [-0.39, 0.29) is 23.7 Å². The molecule has 0 heterocycles. The van der Waals surface area contributed by atoms with Crippen molar-refractivity contribution in [2.75, 3.05) is 13.2 Å². The number of hydrogen-bond acceptors (Lipinski definition) is 4. The summed E-state index contributed by atoms with van der Waals surface area (Å²) in [5, 5.41) is 20.0. The maximum absolute atomic E-state index is 12.4. The van der Waals surface area contributed by atoms with Gasteiger partial charge in [-0.05, 0) is 12.0 Å². The van der Waals surface area contributed by atoms with Crippen LogP contribution in [0.1, 0.15) is 38.9 Å². The van der Waals surface area contributed by atoms with Crippen LogP contribution in [-0.2, 0) is 9.53 Å². The molecular formula is C19H26O4. The molecule has 1 aliphatic rings. The highest BCUT2D eigenvalue weighted by atomic mass is 16.5. The normalized spacial score (nSPS) is 22.8. The molecule has 4 nitrogen and oxygen atoms in total. The van der Waals surface area contributed by atoms with Crippen molar-refractivity contribution in [3.05, 3.63) is 47.7 Å². The lowest BCUT2D eigenvalue weighted by Gasteiger charge is -2.27. The predicted octanol–water partition coefficient (Wildman–Crippen LogP) is 2.86. The fourth-order valence-corrected chi connectivity index (χ4v) is 2.88. The summed E-state index contributed by atoms with van der Waals surface area (Å²) in [5.41, 5.74) is 0.382. The number of ether oxygens (including phenoxy) is 1. The molecule has 0 aromatic heterocycles. The molecule has 1 aromatic rings. The van der Waals surface area contributed by atoms with Crippen LogP contribution < -0.4 is 0 Å². The van der Waals surface area contributed by atoms with E-state index in [1.807, 2.05) is 51.1 Å². The molecule has 0 aliphatic heterocycles. The fraction of sp³-hybridized carbons (Fsp3) is 0.526. The summed E-state index contributed by atoms with van der Waals surface area (Å²) in [6.45, 7) is 6.15. The highest BCUT2D eigenvalue weighted by Crippen LogP contribution is 2.40. The first-order valence-electron chi connectivity index (χ1n) is 8.11. The Morgan fingerprint density at radius 1 is 1.26 bits per heavy atom. The zero-order chi connectivity index (χ0) is 17.0. The van der Waals surface area contributed by atoms with Crippen LogP contribution in [-0.4, -0.2) is 29.2 Å². The van der Waals surface area contributed by atoms with Crippen molar-refractivity contribution in [1.29, 1.82) is 0 Å². The third-order valence-corrected chi connectivity index (χ3v) is 4.39. The molecule has 1 aliphatic carbocycles. The standard InChI is InChI=1S/C19H26O4/c1-4-14-16(23-12-19(2,3)11-20)10-15(21)17(14)18(22)13-8-6-5-7-9-13/h5-10,14,17-18,20,22H,4,11-12H2,1-3H3/t14-,17+,18-/m0/s1. The highest BCUT2D eigenvalue weighted by Gasteiger charge is 2.41. The van der Waals surface area contributed by atoms with Gasteiger partial charge in [-0.2, -0.15) is 0 Å². The number of benzene rings is 1. The van der Waals surface area contributed by atoms with Gasteiger partial charge < -0.3 is 14.9 Å². The minimum absolute atomic E-state index is 0.0150. The molecule has 0 saturated carbocycles. The molecule has 0 unspecified atom stereocenters. The van der Waals surface area contributed by atoms with Gasteiger partial charge in [0, 0.05) is 17.4 Å². The Balaban J connectivity index is 2.13. The summed E-state index contributed by atoms with van der Waals surface area (Å²) in [4.78, 5) is 12.4. The maximum Gasteiger partial charge on any atom is 0.165 e. The molecule has 126 valence electrons. The smallest absolute Gasteiger partial charge is 0.165 e. The number of rotatable bonds is 7. The van der Waals surface area contributed by atoms with Gasteiger partial charge in [-0.1, -0.05) is 51.1 Å². The quantitative estimate of drug-likeness (QED) is 0.811. The Morgan fingerprint density at radius 2 is 1.91 bits per heavy atom. The number of carbonyl (C=O) groups excluding carboxylic acids is 1. The number of ketones is 1. The van der Waals surface area contributed by atoms with Crippen LogP contribution in [0.15, 0.2) is 42.2 Å². The molecule has 0 radical (unpaired) electrons. The van der Waals surface area contributed by atoms with Crippen molar-refractivity contribution in [2.45, 2.75) is 33.3 Å². The highest BCUT2D eigenvalue weighted by molar-refractivity contribution is 5.95. The molecule has 0 amide bonds. The van der Waals surface area contributed by atoms with E-state index in [1.54, 1.807) is 0 Å². The minimum atomic E-state index is -0.836. The van der Waals surface area contributed by atoms with Gasteiger partial charge in [-0.25, -0.2) is 0 Å². The van der Waals surface area contributed by atoms with Crippen LogP contribution in [0.25, 0.3) is 0 Å². The summed E-state index contributed by atoms with van der Waals surface area (Å²) in [7, 11) is 0. The molecule has 1 aromatic carbocycles. The van der Waals surface area contributed by atoms with Crippen LogP contribution in [0.5, 0.6) is 0 Å². The van der Waals surface area contributed by atoms with Crippen molar-refractivity contribution in [3.8, 4) is 0 Å². The number of aliphatic hydroxyl groups is 2. The second-order valence-corrected chi connectivity index (χ2v) is 6.96. The molecule has 2 rings (SSSR count). The Bertz CT molecular complexity index is 562. The molecule has 3 atom stereocenters. The zero-order valence-electron chi connectivity index (χ0n) is 14.0. The maximum atomic E-state index is 12.4. The second-order valence-electron chi connectivity index (χ2n) is 6.96. The molecule has 0 fully saturated rings. The first-order valence-corrected chi connectivity index (χ1v) is 8.11. The minimum Gasteiger partial charge on any atom is -0.497 e. The van der Waals surface area contributed by atoms with E-state index in [4.69, 9.17) is 4.74 Å². The molecule has 0 bridgehead atoms. The molecular weight excluding hydrogens is 292 g/mol. The Labute approximate surface area is 137 Å². The van der Waals surface area contributed by atoms with E-state index in [1.165, 1.54) is 6.08 Å². The van der Waals surface area contributed by atoms with Gasteiger partial charge >= 0.3 is 0 Å². The van der Waals surface area contributed by atoms with Gasteiger partial charge in [0.1, 0.15) is 5.76 Å². The average Bonchev–Trinajstić information content (AvgIpc) is 2.88. The summed E-state index contributed by atoms with van der Waals surface area (Å²) in [6.07, 6.45) is 1.39.